The molecule has 4 nitrogen and oxygen atoms in total. The number of thiophene rings is 1. The zero-order valence-corrected chi connectivity index (χ0v) is 13.0. The molecule has 0 saturated heterocycles. The van der Waals surface area contributed by atoms with Crippen molar-refractivity contribution < 1.29 is 14.7 Å². The van der Waals surface area contributed by atoms with Crippen molar-refractivity contribution in [1.82, 2.24) is 4.90 Å². The number of unbranched alkanes of at least 4 members (excludes halogenated alkanes) is 3. The van der Waals surface area contributed by atoms with Crippen LogP contribution < -0.4 is 0 Å². The molecule has 1 amide bonds. The molecule has 0 aliphatic heterocycles. The van der Waals surface area contributed by atoms with Crippen molar-refractivity contribution in [1.29, 1.82) is 0 Å². The third-order valence-corrected chi connectivity index (χ3v) is 4.07. The fourth-order valence-corrected chi connectivity index (χ4v) is 2.66. The van der Waals surface area contributed by atoms with Crippen molar-refractivity contribution in [3.63, 3.8) is 0 Å². The molecule has 0 saturated carbocycles. The maximum absolute atomic E-state index is 12.4. The van der Waals surface area contributed by atoms with Gasteiger partial charge in [0.2, 0.25) is 0 Å². The highest BCUT2D eigenvalue weighted by atomic mass is 32.1. The molecule has 1 N–H and O–H groups in total. The van der Waals surface area contributed by atoms with Crippen LogP contribution in [-0.4, -0.2) is 35.0 Å². The molecule has 0 bridgehead atoms. The Labute approximate surface area is 124 Å². The van der Waals surface area contributed by atoms with E-state index in [-0.39, 0.29) is 12.5 Å². The fourth-order valence-electron chi connectivity index (χ4n) is 1.97. The molecule has 1 aromatic rings. The molecule has 1 rings (SSSR count). The summed E-state index contributed by atoms with van der Waals surface area (Å²) in [5.74, 6) is -1.45. The Kier molecular flexibility index (Phi) is 7.30. The molecule has 112 valence electrons. The summed E-state index contributed by atoms with van der Waals surface area (Å²) in [6.45, 7) is 4.69. The van der Waals surface area contributed by atoms with Crippen molar-refractivity contribution in [2.75, 3.05) is 13.1 Å². The van der Waals surface area contributed by atoms with E-state index in [4.69, 9.17) is 5.11 Å². The number of carboxylic acid groups (broad SMARTS) is 1. The number of carbonyl (C=O) groups is 2. The number of hydrogen-bond acceptors (Lipinski definition) is 3. The minimum atomic E-state index is -0.859. The zero-order chi connectivity index (χ0) is 15.0. The first-order chi connectivity index (χ1) is 9.56. The van der Waals surface area contributed by atoms with Crippen LogP contribution in [0.3, 0.4) is 0 Å². The molecule has 0 spiro atoms. The van der Waals surface area contributed by atoms with Gasteiger partial charge in [0, 0.05) is 13.1 Å². The van der Waals surface area contributed by atoms with Crippen LogP contribution in [0.2, 0.25) is 0 Å². The Bertz CT molecular complexity index is 417. The predicted molar refractivity (Wildman–Crippen MR) is 81.2 cm³/mol. The predicted octanol–water partition coefficient (Wildman–Crippen LogP) is 3.49. The lowest BCUT2D eigenvalue weighted by Crippen LogP contribution is -2.37. The summed E-state index contributed by atoms with van der Waals surface area (Å²) in [7, 11) is 0. The fraction of sp³-hybridized carbons (Fsp3) is 0.600. The van der Waals surface area contributed by atoms with Crippen molar-refractivity contribution in [3.05, 3.63) is 22.4 Å². The third-order valence-electron chi connectivity index (χ3n) is 3.22. The summed E-state index contributed by atoms with van der Waals surface area (Å²) in [5, 5.41) is 10.9. The number of hydrogen-bond donors (Lipinski definition) is 1. The molecule has 20 heavy (non-hydrogen) atoms. The van der Waals surface area contributed by atoms with Gasteiger partial charge in [0.1, 0.15) is 0 Å². The van der Waals surface area contributed by atoms with E-state index >= 15 is 0 Å². The summed E-state index contributed by atoms with van der Waals surface area (Å²) in [5.41, 5.74) is 0. The van der Waals surface area contributed by atoms with Crippen molar-refractivity contribution in [2.24, 2.45) is 5.92 Å². The smallest absolute Gasteiger partial charge is 0.308 e. The van der Waals surface area contributed by atoms with Crippen LogP contribution in [0.4, 0.5) is 0 Å². The van der Waals surface area contributed by atoms with E-state index < -0.39 is 11.9 Å². The lowest BCUT2D eigenvalue weighted by molar-refractivity contribution is -0.141. The minimum absolute atomic E-state index is 0.0513. The topological polar surface area (TPSA) is 57.6 Å². The van der Waals surface area contributed by atoms with Gasteiger partial charge in [-0.05, 0) is 17.9 Å². The molecule has 0 fully saturated rings. The summed E-state index contributed by atoms with van der Waals surface area (Å²) in [6, 6.07) is 3.63. The van der Waals surface area contributed by atoms with Gasteiger partial charge in [-0.1, -0.05) is 39.2 Å². The van der Waals surface area contributed by atoms with Crippen LogP contribution in [0.5, 0.6) is 0 Å². The Morgan fingerprint density at radius 3 is 2.65 bits per heavy atom. The summed E-state index contributed by atoms with van der Waals surface area (Å²) >= 11 is 1.40. The second kappa shape index (κ2) is 8.74. The van der Waals surface area contributed by atoms with Crippen molar-refractivity contribution in [3.8, 4) is 0 Å². The van der Waals surface area contributed by atoms with E-state index in [0.29, 0.717) is 11.4 Å². The standard InChI is InChI=1S/C15H23NO3S/c1-3-4-5-6-9-16(11-12(2)15(18)19)14(17)13-8-7-10-20-13/h7-8,10,12H,3-6,9,11H2,1-2H3,(H,18,19). The number of carbonyl (C=O) groups excluding carboxylic acids is 1. The summed E-state index contributed by atoms with van der Waals surface area (Å²) in [6.07, 6.45) is 4.30. The van der Waals surface area contributed by atoms with E-state index in [2.05, 4.69) is 6.92 Å². The Balaban J connectivity index is 2.63. The number of nitrogens with zero attached hydrogens (tertiary/aromatic N) is 1. The second-order valence-corrected chi connectivity index (χ2v) is 5.98. The average Bonchev–Trinajstić information content (AvgIpc) is 2.95. The molecular formula is C15H23NO3S. The summed E-state index contributed by atoms with van der Waals surface area (Å²) in [4.78, 5) is 25.7. The SMILES string of the molecule is CCCCCCN(CC(C)C(=O)O)C(=O)c1cccs1. The lowest BCUT2D eigenvalue weighted by atomic mass is 10.1. The molecule has 1 heterocycles. The van der Waals surface area contributed by atoms with Crippen molar-refractivity contribution >= 4 is 23.2 Å². The van der Waals surface area contributed by atoms with Gasteiger partial charge in [-0.2, -0.15) is 0 Å². The number of amides is 1. The van der Waals surface area contributed by atoms with Gasteiger partial charge in [0.05, 0.1) is 10.8 Å². The van der Waals surface area contributed by atoms with E-state index in [1.54, 1.807) is 17.9 Å². The maximum atomic E-state index is 12.4. The van der Waals surface area contributed by atoms with E-state index in [9.17, 15) is 9.59 Å². The molecule has 0 aliphatic carbocycles. The number of carboxylic acids is 1. The highest BCUT2D eigenvalue weighted by molar-refractivity contribution is 7.12. The highest BCUT2D eigenvalue weighted by Gasteiger charge is 2.21. The van der Waals surface area contributed by atoms with Crippen LogP contribution in [0, 0.1) is 5.92 Å². The van der Waals surface area contributed by atoms with Gasteiger partial charge in [-0.15, -0.1) is 11.3 Å². The molecule has 0 radical (unpaired) electrons. The van der Waals surface area contributed by atoms with E-state index in [1.165, 1.54) is 11.3 Å². The van der Waals surface area contributed by atoms with Crippen LogP contribution in [-0.2, 0) is 4.79 Å². The Morgan fingerprint density at radius 2 is 2.10 bits per heavy atom. The molecular weight excluding hydrogens is 274 g/mol. The van der Waals surface area contributed by atoms with Gasteiger partial charge >= 0.3 is 5.97 Å². The highest BCUT2D eigenvalue weighted by Crippen LogP contribution is 2.14. The quantitative estimate of drug-likeness (QED) is 0.710. The van der Waals surface area contributed by atoms with Crippen LogP contribution in [0.25, 0.3) is 0 Å². The van der Waals surface area contributed by atoms with Gasteiger partial charge in [-0.3, -0.25) is 9.59 Å². The monoisotopic (exact) mass is 297 g/mol. The number of rotatable bonds is 9. The Morgan fingerprint density at radius 1 is 1.35 bits per heavy atom. The second-order valence-electron chi connectivity index (χ2n) is 5.03. The normalized spacial score (nSPS) is 12.1. The summed E-state index contributed by atoms with van der Waals surface area (Å²) < 4.78 is 0. The average molecular weight is 297 g/mol. The van der Waals surface area contributed by atoms with Crippen molar-refractivity contribution in [2.45, 2.75) is 39.5 Å². The lowest BCUT2D eigenvalue weighted by Gasteiger charge is -2.24. The molecule has 1 aromatic heterocycles. The zero-order valence-electron chi connectivity index (χ0n) is 12.2. The van der Waals surface area contributed by atoms with Crippen LogP contribution in [0.15, 0.2) is 17.5 Å². The minimum Gasteiger partial charge on any atom is -0.481 e. The first-order valence-electron chi connectivity index (χ1n) is 7.11. The molecule has 0 aliphatic rings. The molecule has 5 heteroatoms. The van der Waals surface area contributed by atoms with Gasteiger partial charge in [-0.25, -0.2) is 0 Å². The first kappa shape index (κ1) is 16.7. The van der Waals surface area contributed by atoms with E-state index in [0.717, 1.165) is 25.7 Å². The molecule has 0 aromatic carbocycles. The maximum Gasteiger partial charge on any atom is 0.308 e. The van der Waals surface area contributed by atoms with Gasteiger partial charge in [0.15, 0.2) is 0 Å². The van der Waals surface area contributed by atoms with E-state index in [1.807, 2.05) is 11.4 Å². The van der Waals surface area contributed by atoms with Gasteiger partial charge in [0.25, 0.3) is 5.91 Å². The largest absolute Gasteiger partial charge is 0.481 e. The number of aliphatic carboxylic acids is 1. The third kappa shape index (κ3) is 5.33. The van der Waals surface area contributed by atoms with Crippen LogP contribution >= 0.6 is 11.3 Å². The Hall–Kier alpha value is -1.36. The molecule has 1 atom stereocenters. The van der Waals surface area contributed by atoms with Gasteiger partial charge < -0.3 is 10.0 Å². The first-order valence-corrected chi connectivity index (χ1v) is 7.99. The molecule has 1 unspecified atom stereocenters. The van der Waals surface area contributed by atoms with Crippen LogP contribution in [0.1, 0.15) is 49.2 Å².